The molecule has 1 aliphatic heterocycles. The molecule has 0 spiro atoms. The third-order valence-electron chi connectivity index (χ3n) is 4.06. The predicted molar refractivity (Wildman–Crippen MR) is 97.7 cm³/mol. The first kappa shape index (κ1) is 19.9. The van der Waals surface area contributed by atoms with Gasteiger partial charge in [0.1, 0.15) is 19.4 Å². The summed E-state index contributed by atoms with van der Waals surface area (Å²) in [5, 5.41) is 6.35. The highest BCUT2D eigenvalue weighted by atomic mass is 16.6. The normalized spacial score (nSPS) is 15.8. The summed E-state index contributed by atoms with van der Waals surface area (Å²) >= 11 is 0. The molecular formula is C18H26N4O4. The Morgan fingerprint density at radius 1 is 1.35 bits per heavy atom. The van der Waals surface area contributed by atoms with E-state index in [9.17, 15) is 9.59 Å². The lowest BCUT2D eigenvalue weighted by atomic mass is 10.1. The third-order valence-corrected chi connectivity index (χ3v) is 4.06. The van der Waals surface area contributed by atoms with Gasteiger partial charge >= 0.3 is 0 Å². The minimum absolute atomic E-state index is 0.00874. The van der Waals surface area contributed by atoms with Crippen LogP contribution in [-0.2, 0) is 19.2 Å². The summed E-state index contributed by atoms with van der Waals surface area (Å²) < 4.78 is 5.66. The first-order valence-corrected chi connectivity index (χ1v) is 8.49. The van der Waals surface area contributed by atoms with E-state index in [1.807, 2.05) is 49.3 Å². The molecule has 1 fully saturated rings. The van der Waals surface area contributed by atoms with Gasteiger partial charge in [-0.25, -0.2) is 0 Å². The fourth-order valence-electron chi connectivity index (χ4n) is 2.72. The zero-order valence-electron chi connectivity index (χ0n) is 15.4. The smallest absolute Gasteiger partial charge is 0.268 e. The second kappa shape index (κ2) is 9.88. The summed E-state index contributed by atoms with van der Waals surface area (Å²) in [4.78, 5) is 32.0. The molecule has 1 unspecified atom stereocenters. The van der Waals surface area contributed by atoms with Crippen molar-refractivity contribution in [2.75, 3.05) is 47.4 Å². The Morgan fingerprint density at radius 2 is 2.04 bits per heavy atom. The van der Waals surface area contributed by atoms with Crippen molar-refractivity contribution >= 4 is 18.0 Å². The standard InChI is InChI=1S/C18H26N4O4/c1-21(2)17(14-7-5-4-6-8-14)18(24)19-9-10-26-15-12-22(13-15)16(23)11-20-25-3/h4-8,11,15,17H,9-10,12-13H2,1-3H3,(H,19,24)/b20-11+. The lowest BCUT2D eigenvalue weighted by molar-refractivity contribution is -0.137. The highest BCUT2D eigenvalue weighted by Crippen LogP contribution is 2.17. The van der Waals surface area contributed by atoms with Gasteiger partial charge in [0.2, 0.25) is 5.91 Å². The van der Waals surface area contributed by atoms with Crippen LogP contribution >= 0.6 is 0 Å². The number of amides is 2. The van der Waals surface area contributed by atoms with Crippen LogP contribution in [0.3, 0.4) is 0 Å². The molecule has 142 valence electrons. The molecule has 1 aliphatic rings. The Hall–Kier alpha value is -2.45. The molecule has 1 atom stereocenters. The lowest BCUT2D eigenvalue weighted by Gasteiger charge is -2.38. The molecule has 0 saturated carbocycles. The van der Waals surface area contributed by atoms with Crippen molar-refractivity contribution in [3.05, 3.63) is 35.9 Å². The minimum atomic E-state index is -0.340. The third kappa shape index (κ3) is 5.53. The Kier molecular flexibility index (Phi) is 7.55. The summed E-state index contributed by atoms with van der Waals surface area (Å²) in [6.45, 7) is 1.87. The number of hydrogen-bond donors (Lipinski definition) is 1. The van der Waals surface area contributed by atoms with Crippen LogP contribution in [0, 0.1) is 0 Å². The van der Waals surface area contributed by atoms with Gasteiger partial charge in [-0.2, -0.15) is 0 Å². The number of ether oxygens (including phenoxy) is 1. The van der Waals surface area contributed by atoms with Crippen LogP contribution in [0.4, 0.5) is 0 Å². The number of nitrogens with one attached hydrogen (secondary N) is 1. The Balaban J connectivity index is 1.67. The molecular weight excluding hydrogens is 336 g/mol. The van der Waals surface area contributed by atoms with Gasteiger partial charge < -0.3 is 19.8 Å². The van der Waals surface area contributed by atoms with E-state index < -0.39 is 0 Å². The molecule has 1 N–H and O–H groups in total. The van der Waals surface area contributed by atoms with E-state index in [0.717, 1.165) is 11.8 Å². The van der Waals surface area contributed by atoms with Crippen LogP contribution in [0.1, 0.15) is 11.6 Å². The van der Waals surface area contributed by atoms with Crippen molar-refractivity contribution in [2.24, 2.45) is 5.16 Å². The maximum absolute atomic E-state index is 12.5. The van der Waals surface area contributed by atoms with Crippen LogP contribution in [0.5, 0.6) is 0 Å². The van der Waals surface area contributed by atoms with Gasteiger partial charge in [-0.05, 0) is 19.7 Å². The number of hydrogen-bond acceptors (Lipinski definition) is 6. The zero-order chi connectivity index (χ0) is 18.9. The molecule has 1 saturated heterocycles. The molecule has 1 heterocycles. The van der Waals surface area contributed by atoms with Crippen molar-refractivity contribution in [2.45, 2.75) is 12.1 Å². The molecule has 8 heteroatoms. The first-order valence-electron chi connectivity index (χ1n) is 8.49. The molecule has 0 aromatic heterocycles. The van der Waals surface area contributed by atoms with Crippen LogP contribution < -0.4 is 5.32 Å². The van der Waals surface area contributed by atoms with Crippen molar-refractivity contribution in [1.82, 2.24) is 15.1 Å². The van der Waals surface area contributed by atoms with Gasteiger partial charge in [-0.1, -0.05) is 35.5 Å². The number of likely N-dealkylation sites (N-methyl/N-ethyl adjacent to an activating group) is 1. The number of nitrogens with zero attached hydrogens (tertiary/aromatic N) is 3. The van der Waals surface area contributed by atoms with Gasteiger partial charge in [-0.3, -0.25) is 14.5 Å². The number of benzene rings is 1. The Bertz CT molecular complexity index is 615. The van der Waals surface area contributed by atoms with E-state index in [0.29, 0.717) is 26.2 Å². The summed E-state index contributed by atoms with van der Waals surface area (Å²) in [6, 6.07) is 9.30. The number of oxime groups is 1. The van der Waals surface area contributed by atoms with E-state index in [2.05, 4.69) is 15.3 Å². The minimum Gasteiger partial charge on any atom is -0.399 e. The van der Waals surface area contributed by atoms with Crippen LogP contribution in [0.2, 0.25) is 0 Å². The van der Waals surface area contributed by atoms with Gasteiger partial charge in [-0.15, -0.1) is 0 Å². The van der Waals surface area contributed by atoms with Crippen molar-refractivity contribution in [3.8, 4) is 0 Å². The zero-order valence-corrected chi connectivity index (χ0v) is 15.4. The van der Waals surface area contributed by atoms with Gasteiger partial charge in [0.05, 0.1) is 12.7 Å². The molecule has 0 aliphatic carbocycles. The molecule has 8 nitrogen and oxygen atoms in total. The van der Waals surface area contributed by atoms with Gasteiger partial charge in [0.15, 0.2) is 0 Å². The second-order valence-corrected chi connectivity index (χ2v) is 6.22. The summed E-state index contributed by atoms with van der Waals surface area (Å²) in [5.74, 6) is -0.261. The summed E-state index contributed by atoms with van der Waals surface area (Å²) in [6.07, 6.45) is 1.13. The van der Waals surface area contributed by atoms with E-state index in [-0.39, 0.29) is 24.0 Å². The molecule has 26 heavy (non-hydrogen) atoms. The maximum atomic E-state index is 12.5. The lowest BCUT2D eigenvalue weighted by Crippen LogP contribution is -2.55. The first-order chi connectivity index (χ1) is 12.5. The number of carbonyl (C=O) groups excluding carboxylic acids is 2. The van der Waals surface area contributed by atoms with E-state index in [1.54, 1.807) is 4.90 Å². The van der Waals surface area contributed by atoms with Crippen molar-refractivity contribution in [1.29, 1.82) is 0 Å². The monoisotopic (exact) mass is 362 g/mol. The van der Waals surface area contributed by atoms with Crippen LogP contribution in [0.15, 0.2) is 35.5 Å². The largest absolute Gasteiger partial charge is 0.399 e. The molecule has 1 aromatic carbocycles. The van der Waals surface area contributed by atoms with Gasteiger partial charge in [0, 0.05) is 19.6 Å². The highest BCUT2D eigenvalue weighted by molar-refractivity contribution is 6.26. The van der Waals surface area contributed by atoms with Crippen molar-refractivity contribution in [3.63, 3.8) is 0 Å². The summed E-state index contributed by atoms with van der Waals surface area (Å²) in [5.41, 5.74) is 0.946. The molecule has 2 amide bonds. The van der Waals surface area contributed by atoms with Crippen LogP contribution in [-0.4, -0.2) is 81.4 Å². The fraction of sp³-hybridized carbons (Fsp3) is 0.500. The maximum Gasteiger partial charge on any atom is 0.268 e. The average molecular weight is 362 g/mol. The Morgan fingerprint density at radius 3 is 2.65 bits per heavy atom. The van der Waals surface area contributed by atoms with Crippen molar-refractivity contribution < 1.29 is 19.2 Å². The molecule has 2 rings (SSSR count). The van der Waals surface area contributed by atoms with E-state index >= 15 is 0 Å². The quantitative estimate of drug-likeness (QED) is 0.387. The predicted octanol–water partition coefficient (Wildman–Crippen LogP) is 0.265. The number of likely N-dealkylation sites (tertiary alicyclic amines) is 1. The topological polar surface area (TPSA) is 83.5 Å². The fourth-order valence-corrected chi connectivity index (χ4v) is 2.72. The molecule has 1 aromatic rings. The van der Waals surface area contributed by atoms with E-state index in [4.69, 9.17) is 4.74 Å². The molecule has 0 bridgehead atoms. The highest BCUT2D eigenvalue weighted by Gasteiger charge is 2.30. The SMILES string of the molecule is CO/N=C/C(=O)N1CC(OCCNC(=O)C(c2ccccc2)N(C)C)C1. The average Bonchev–Trinajstić information content (AvgIpc) is 2.58. The van der Waals surface area contributed by atoms with E-state index in [1.165, 1.54) is 7.11 Å². The van der Waals surface area contributed by atoms with Crippen LogP contribution in [0.25, 0.3) is 0 Å². The number of rotatable bonds is 9. The number of carbonyl (C=O) groups is 2. The second-order valence-electron chi connectivity index (χ2n) is 6.22. The molecule has 0 radical (unpaired) electrons. The Labute approximate surface area is 153 Å². The van der Waals surface area contributed by atoms with Gasteiger partial charge in [0.25, 0.3) is 5.91 Å². The summed E-state index contributed by atoms with van der Waals surface area (Å²) in [7, 11) is 5.14.